The Kier molecular flexibility index (Phi) is 6.96. The number of hydrogen-bond donors (Lipinski definition) is 2. The van der Waals surface area contributed by atoms with Gasteiger partial charge in [0, 0.05) is 17.7 Å². The zero-order chi connectivity index (χ0) is 19.4. The summed E-state index contributed by atoms with van der Waals surface area (Å²) in [4.78, 5) is 11.1. The maximum Gasteiger partial charge on any atom is 0.305 e. The Morgan fingerprint density at radius 2 is 2.15 bits per heavy atom. The largest absolute Gasteiger partial charge is 0.469 e. The fourth-order valence-corrected chi connectivity index (χ4v) is 4.93. The van der Waals surface area contributed by atoms with Gasteiger partial charge in [-0.25, -0.2) is 0 Å². The third-order valence-corrected chi connectivity index (χ3v) is 6.46. The number of aliphatic hydroxyl groups is 2. The molecule has 0 aliphatic heterocycles. The SMILES string of the molecule is COC(=O)CCCC=CC[C@@H]1[C@@H](c2ccc3c(c2)CCC3O)[C@H](O)C[C@H]1Cl. The molecule has 2 aliphatic carbocycles. The maximum atomic E-state index is 11.1. The minimum atomic E-state index is -0.436. The number of alkyl halides is 1. The average Bonchev–Trinajstić information content (AvgIpc) is 3.16. The molecule has 1 saturated carbocycles. The second kappa shape index (κ2) is 9.22. The molecule has 5 atom stereocenters. The van der Waals surface area contributed by atoms with Gasteiger partial charge in [-0.1, -0.05) is 30.4 Å². The predicted molar refractivity (Wildman–Crippen MR) is 106 cm³/mol. The van der Waals surface area contributed by atoms with E-state index < -0.39 is 6.10 Å². The van der Waals surface area contributed by atoms with E-state index in [1.807, 2.05) is 12.1 Å². The zero-order valence-corrected chi connectivity index (χ0v) is 16.6. The standard InChI is InChI=1S/C22H29ClO4/c1-27-21(26)7-5-3-2-4-6-17-18(23)13-20(25)22(17)15-8-10-16-14(12-15)9-11-19(16)24/h2,4,8,10,12,17-20,22,24-25H,3,5-7,9,11,13H2,1H3/t17-,18+,19?,20+,22+/m0/s1. The number of esters is 1. The highest BCUT2D eigenvalue weighted by Crippen LogP contribution is 2.46. The van der Waals surface area contributed by atoms with Gasteiger partial charge in [0.05, 0.1) is 19.3 Å². The number of ether oxygens (including phenoxy) is 1. The van der Waals surface area contributed by atoms with Gasteiger partial charge >= 0.3 is 5.97 Å². The molecule has 1 aromatic rings. The van der Waals surface area contributed by atoms with E-state index in [1.54, 1.807) is 0 Å². The lowest BCUT2D eigenvalue weighted by molar-refractivity contribution is -0.140. The number of benzene rings is 1. The normalized spacial score (nSPS) is 30.0. The van der Waals surface area contributed by atoms with Gasteiger partial charge in [-0.2, -0.15) is 0 Å². The van der Waals surface area contributed by atoms with Gasteiger partial charge in [-0.05, 0) is 61.1 Å². The second-order valence-corrected chi connectivity index (χ2v) is 8.26. The molecule has 1 fully saturated rings. The quantitative estimate of drug-likeness (QED) is 0.318. The summed E-state index contributed by atoms with van der Waals surface area (Å²) < 4.78 is 4.64. The Labute approximate surface area is 166 Å². The molecule has 0 heterocycles. The van der Waals surface area contributed by atoms with Gasteiger partial charge in [0.15, 0.2) is 0 Å². The van der Waals surface area contributed by atoms with Gasteiger partial charge in [0.1, 0.15) is 0 Å². The van der Waals surface area contributed by atoms with Crippen molar-refractivity contribution in [3.8, 4) is 0 Å². The third-order valence-electron chi connectivity index (χ3n) is 5.96. The van der Waals surface area contributed by atoms with E-state index in [0.29, 0.717) is 12.8 Å². The highest BCUT2D eigenvalue weighted by molar-refractivity contribution is 6.21. The monoisotopic (exact) mass is 392 g/mol. The molecule has 0 aromatic heterocycles. The van der Waals surface area contributed by atoms with Crippen LogP contribution in [0.1, 0.15) is 67.2 Å². The number of hydrogen-bond acceptors (Lipinski definition) is 4. The van der Waals surface area contributed by atoms with Crippen molar-refractivity contribution >= 4 is 17.6 Å². The van der Waals surface area contributed by atoms with Crippen LogP contribution in [0.2, 0.25) is 0 Å². The van der Waals surface area contributed by atoms with Gasteiger partial charge in [-0.3, -0.25) is 4.79 Å². The molecular formula is C22H29ClO4. The summed E-state index contributed by atoms with van der Waals surface area (Å²) in [6, 6.07) is 6.21. The van der Waals surface area contributed by atoms with Gasteiger partial charge in [-0.15, -0.1) is 11.6 Å². The number of unbranched alkanes of at least 4 members (excludes halogenated alkanes) is 1. The van der Waals surface area contributed by atoms with E-state index in [9.17, 15) is 15.0 Å². The summed E-state index contributed by atoms with van der Waals surface area (Å²) in [6.07, 6.45) is 8.56. The number of aliphatic hydroxyl groups excluding tert-OH is 2. The van der Waals surface area contributed by atoms with Crippen molar-refractivity contribution in [3.63, 3.8) is 0 Å². The van der Waals surface area contributed by atoms with E-state index in [-0.39, 0.29) is 29.3 Å². The van der Waals surface area contributed by atoms with Crippen LogP contribution in [0.15, 0.2) is 30.4 Å². The van der Waals surface area contributed by atoms with E-state index in [4.69, 9.17) is 11.6 Å². The molecule has 5 heteroatoms. The molecule has 0 bridgehead atoms. The summed E-state index contributed by atoms with van der Waals surface area (Å²) in [7, 11) is 1.41. The molecule has 1 aromatic carbocycles. The Morgan fingerprint density at radius 1 is 1.33 bits per heavy atom. The number of rotatable bonds is 7. The van der Waals surface area contributed by atoms with Gasteiger partial charge in [0.25, 0.3) is 0 Å². The first-order valence-corrected chi connectivity index (χ1v) is 10.3. The number of carbonyl (C=O) groups excluding carboxylic acids is 1. The zero-order valence-electron chi connectivity index (χ0n) is 15.8. The Bertz CT molecular complexity index is 687. The van der Waals surface area contributed by atoms with Crippen LogP contribution in [0.3, 0.4) is 0 Å². The number of aryl methyl sites for hydroxylation is 1. The summed E-state index contributed by atoms with van der Waals surface area (Å²) >= 11 is 6.56. The number of carbonyl (C=O) groups is 1. The molecule has 27 heavy (non-hydrogen) atoms. The molecule has 3 rings (SSSR count). The summed E-state index contributed by atoms with van der Waals surface area (Å²) in [6.45, 7) is 0. The van der Waals surface area contributed by atoms with Crippen molar-refractivity contribution in [1.29, 1.82) is 0 Å². The number of allylic oxidation sites excluding steroid dienone is 2. The lowest BCUT2D eigenvalue weighted by Crippen LogP contribution is -2.18. The smallest absolute Gasteiger partial charge is 0.305 e. The molecule has 0 radical (unpaired) electrons. The van der Waals surface area contributed by atoms with E-state index in [1.165, 1.54) is 12.7 Å². The fourth-order valence-electron chi connectivity index (χ4n) is 4.49. The highest BCUT2D eigenvalue weighted by Gasteiger charge is 2.42. The van der Waals surface area contributed by atoms with Gasteiger partial charge in [0.2, 0.25) is 0 Å². The van der Waals surface area contributed by atoms with Crippen molar-refractivity contribution < 1.29 is 19.7 Å². The van der Waals surface area contributed by atoms with Gasteiger partial charge < -0.3 is 14.9 Å². The molecule has 1 unspecified atom stereocenters. The molecule has 4 nitrogen and oxygen atoms in total. The first-order valence-electron chi connectivity index (χ1n) is 9.86. The Balaban J connectivity index is 1.63. The Morgan fingerprint density at radius 3 is 2.93 bits per heavy atom. The lowest BCUT2D eigenvalue weighted by atomic mass is 9.84. The fraction of sp³-hybridized carbons (Fsp3) is 0.591. The van der Waals surface area contributed by atoms with Crippen LogP contribution in [0.4, 0.5) is 0 Å². The molecule has 2 N–H and O–H groups in total. The van der Waals surface area contributed by atoms with Crippen molar-refractivity contribution in [1.82, 2.24) is 0 Å². The summed E-state index contributed by atoms with van der Waals surface area (Å²) in [5.41, 5.74) is 3.35. The van der Waals surface area contributed by atoms with Crippen molar-refractivity contribution in [2.24, 2.45) is 5.92 Å². The maximum absolute atomic E-state index is 11.1. The highest BCUT2D eigenvalue weighted by atomic mass is 35.5. The minimum Gasteiger partial charge on any atom is -0.469 e. The van der Waals surface area contributed by atoms with Crippen molar-refractivity contribution in [2.45, 2.75) is 68.4 Å². The number of fused-ring (bicyclic) bond motifs is 1. The van der Waals surface area contributed by atoms with Crippen LogP contribution in [0.25, 0.3) is 0 Å². The van der Waals surface area contributed by atoms with Crippen LogP contribution in [0, 0.1) is 5.92 Å². The van der Waals surface area contributed by atoms with Crippen LogP contribution < -0.4 is 0 Å². The van der Waals surface area contributed by atoms with Crippen LogP contribution in [-0.2, 0) is 16.0 Å². The summed E-state index contributed by atoms with van der Waals surface area (Å²) in [5.74, 6) is 0.0306. The number of methoxy groups -OCH3 is 1. The molecule has 0 amide bonds. The molecule has 148 valence electrons. The molecule has 0 spiro atoms. The van der Waals surface area contributed by atoms with E-state index >= 15 is 0 Å². The van der Waals surface area contributed by atoms with E-state index in [0.717, 1.165) is 43.2 Å². The minimum absolute atomic E-state index is 0.0234. The Hall–Kier alpha value is -1.36. The predicted octanol–water partition coefficient (Wildman–Crippen LogP) is 4.03. The first-order chi connectivity index (χ1) is 13.0. The van der Waals surface area contributed by atoms with Crippen molar-refractivity contribution in [2.75, 3.05) is 7.11 Å². The van der Waals surface area contributed by atoms with Crippen molar-refractivity contribution in [3.05, 3.63) is 47.0 Å². The van der Waals surface area contributed by atoms with Crippen LogP contribution >= 0.6 is 11.6 Å². The average molecular weight is 393 g/mol. The molecule has 2 aliphatic rings. The lowest BCUT2D eigenvalue weighted by Gasteiger charge is -2.23. The molecule has 0 saturated heterocycles. The summed E-state index contributed by atoms with van der Waals surface area (Å²) in [5, 5.41) is 20.6. The second-order valence-electron chi connectivity index (χ2n) is 7.70. The third kappa shape index (κ3) is 4.74. The first kappa shape index (κ1) is 20.4. The topological polar surface area (TPSA) is 66.8 Å². The number of halogens is 1. The van der Waals surface area contributed by atoms with E-state index in [2.05, 4.69) is 23.0 Å². The van der Waals surface area contributed by atoms with Crippen LogP contribution in [0.5, 0.6) is 0 Å². The molecular weight excluding hydrogens is 364 g/mol. The van der Waals surface area contributed by atoms with Crippen LogP contribution in [-0.4, -0.2) is 34.8 Å².